The second-order valence-electron chi connectivity index (χ2n) is 5.96. The molecule has 1 heterocycles. The highest BCUT2D eigenvalue weighted by atomic mass is 32.2. The maximum atomic E-state index is 12.2. The fraction of sp³-hybridized carbons (Fsp3) is 0.167. The van der Waals surface area contributed by atoms with Gasteiger partial charge in [-0.15, -0.1) is 10.2 Å². The van der Waals surface area contributed by atoms with E-state index >= 15 is 0 Å². The number of non-ortho nitro benzene ring substituents is 1. The van der Waals surface area contributed by atoms with Gasteiger partial charge in [0, 0.05) is 17.8 Å². The Morgan fingerprint density at radius 1 is 1.21 bits per heavy atom. The van der Waals surface area contributed by atoms with Crippen molar-refractivity contribution >= 4 is 51.2 Å². The zero-order chi connectivity index (χ0) is 20.1. The number of nitro benzene ring substituents is 1. The molecule has 0 saturated carbocycles. The first-order valence-corrected chi connectivity index (χ1v) is 10.1. The Labute approximate surface area is 169 Å². The summed E-state index contributed by atoms with van der Waals surface area (Å²) in [4.78, 5) is 22.6. The number of nitro groups is 1. The van der Waals surface area contributed by atoms with Crippen LogP contribution in [-0.2, 0) is 4.79 Å². The van der Waals surface area contributed by atoms with Crippen molar-refractivity contribution in [2.24, 2.45) is 0 Å². The third-order valence-electron chi connectivity index (χ3n) is 3.71. The molecular formula is C18H17N5O3S2. The highest BCUT2D eigenvalue weighted by Gasteiger charge is 2.13. The van der Waals surface area contributed by atoms with Crippen molar-refractivity contribution in [3.63, 3.8) is 0 Å². The standard InChI is InChI=1S/C18H17N5O3S2/c1-11-4-3-5-13(8-11)19-17-21-22-18(28-17)27-10-16(24)20-15-9-14(23(25)26)7-6-12(15)2/h3-9H,10H2,1-2H3,(H,19,21)(H,20,24). The number of aromatic nitrogens is 2. The maximum Gasteiger partial charge on any atom is 0.271 e. The Morgan fingerprint density at radius 3 is 2.79 bits per heavy atom. The molecule has 0 aliphatic carbocycles. The minimum atomic E-state index is -0.492. The molecule has 0 bridgehead atoms. The molecule has 0 spiro atoms. The van der Waals surface area contributed by atoms with Crippen molar-refractivity contribution in [1.82, 2.24) is 10.2 Å². The summed E-state index contributed by atoms with van der Waals surface area (Å²) in [5, 5.41) is 25.6. The predicted molar refractivity (Wildman–Crippen MR) is 112 cm³/mol. The van der Waals surface area contributed by atoms with E-state index in [0.29, 0.717) is 15.2 Å². The Kier molecular flexibility index (Phi) is 6.22. The molecule has 1 amide bonds. The first-order chi connectivity index (χ1) is 13.4. The SMILES string of the molecule is Cc1cccc(Nc2nnc(SCC(=O)Nc3cc([N+](=O)[O-])ccc3C)s2)c1. The van der Waals surface area contributed by atoms with Gasteiger partial charge in [0.05, 0.1) is 16.4 Å². The Morgan fingerprint density at radius 2 is 2.04 bits per heavy atom. The van der Waals surface area contributed by atoms with Crippen LogP contribution in [0.15, 0.2) is 46.8 Å². The van der Waals surface area contributed by atoms with E-state index in [1.165, 1.54) is 35.2 Å². The van der Waals surface area contributed by atoms with Gasteiger partial charge >= 0.3 is 0 Å². The average molecular weight is 416 g/mol. The van der Waals surface area contributed by atoms with Crippen molar-refractivity contribution < 1.29 is 9.72 Å². The normalized spacial score (nSPS) is 10.5. The number of hydrogen-bond acceptors (Lipinski definition) is 8. The second kappa shape index (κ2) is 8.81. The number of rotatable bonds is 7. The Bertz CT molecular complexity index is 1020. The smallest absolute Gasteiger partial charge is 0.271 e. The van der Waals surface area contributed by atoms with Crippen LogP contribution in [0.3, 0.4) is 0 Å². The molecule has 0 aliphatic heterocycles. The lowest BCUT2D eigenvalue weighted by Gasteiger charge is -2.07. The summed E-state index contributed by atoms with van der Waals surface area (Å²) in [6.45, 7) is 3.79. The summed E-state index contributed by atoms with van der Waals surface area (Å²) >= 11 is 2.61. The van der Waals surface area contributed by atoms with Crippen LogP contribution in [0.1, 0.15) is 11.1 Å². The van der Waals surface area contributed by atoms with E-state index in [1.807, 2.05) is 31.2 Å². The molecular weight excluding hydrogens is 398 g/mol. The number of anilines is 3. The first kappa shape index (κ1) is 19.8. The second-order valence-corrected chi connectivity index (χ2v) is 8.16. The van der Waals surface area contributed by atoms with Crippen molar-refractivity contribution in [3.8, 4) is 0 Å². The molecule has 28 heavy (non-hydrogen) atoms. The van der Waals surface area contributed by atoms with Gasteiger partial charge in [0.2, 0.25) is 11.0 Å². The minimum absolute atomic E-state index is 0.0652. The van der Waals surface area contributed by atoms with Crippen molar-refractivity contribution in [1.29, 1.82) is 0 Å². The van der Waals surface area contributed by atoms with Gasteiger partial charge in [-0.3, -0.25) is 14.9 Å². The molecule has 0 saturated heterocycles. The highest BCUT2D eigenvalue weighted by molar-refractivity contribution is 8.01. The van der Waals surface area contributed by atoms with Gasteiger partial charge in [0.1, 0.15) is 0 Å². The molecule has 2 N–H and O–H groups in total. The third kappa shape index (κ3) is 5.27. The molecule has 3 aromatic rings. The molecule has 144 valence electrons. The molecule has 8 nitrogen and oxygen atoms in total. The Balaban J connectivity index is 1.56. The quantitative estimate of drug-likeness (QED) is 0.331. The van der Waals surface area contributed by atoms with Crippen LogP contribution in [0, 0.1) is 24.0 Å². The lowest BCUT2D eigenvalue weighted by molar-refractivity contribution is -0.384. The van der Waals surface area contributed by atoms with E-state index in [-0.39, 0.29) is 17.3 Å². The van der Waals surface area contributed by atoms with Crippen LogP contribution in [0.4, 0.5) is 22.2 Å². The average Bonchev–Trinajstić information content (AvgIpc) is 3.09. The van der Waals surface area contributed by atoms with E-state index in [9.17, 15) is 14.9 Å². The van der Waals surface area contributed by atoms with E-state index < -0.39 is 4.92 Å². The molecule has 3 rings (SSSR count). The summed E-state index contributed by atoms with van der Waals surface area (Å²) in [5.41, 5.74) is 3.18. The van der Waals surface area contributed by atoms with E-state index in [2.05, 4.69) is 20.8 Å². The summed E-state index contributed by atoms with van der Waals surface area (Å²) in [6.07, 6.45) is 0. The van der Waals surface area contributed by atoms with E-state index in [0.717, 1.165) is 16.8 Å². The number of amides is 1. The summed E-state index contributed by atoms with van der Waals surface area (Å²) in [5.74, 6) is -0.140. The van der Waals surface area contributed by atoms with Crippen LogP contribution < -0.4 is 10.6 Å². The van der Waals surface area contributed by atoms with E-state index in [4.69, 9.17) is 0 Å². The van der Waals surface area contributed by atoms with Crippen molar-refractivity contribution in [2.45, 2.75) is 18.2 Å². The molecule has 0 unspecified atom stereocenters. The Hall–Kier alpha value is -2.98. The number of hydrogen-bond donors (Lipinski definition) is 2. The molecule has 0 radical (unpaired) electrons. The van der Waals surface area contributed by atoms with Gasteiger partial charge in [-0.1, -0.05) is 41.3 Å². The van der Waals surface area contributed by atoms with Gasteiger partial charge in [0.15, 0.2) is 4.34 Å². The third-order valence-corrected chi connectivity index (χ3v) is 5.68. The number of carbonyl (C=O) groups excluding carboxylic acids is 1. The lowest BCUT2D eigenvalue weighted by atomic mass is 10.2. The predicted octanol–water partition coefficient (Wildman–Crippen LogP) is 4.54. The monoisotopic (exact) mass is 415 g/mol. The largest absolute Gasteiger partial charge is 0.330 e. The molecule has 0 aliphatic rings. The molecule has 0 atom stereocenters. The first-order valence-electron chi connectivity index (χ1n) is 8.25. The van der Waals surface area contributed by atoms with Gasteiger partial charge in [0.25, 0.3) is 5.69 Å². The van der Waals surface area contributed by atoms with Crippen LogP contribution >= 0.6 is 23.1 Å². The number of nitrogens with one attached hydrogen (secondary N) is 2. The maximum absolute atomic E-state index is 12.2. The zero-order valence-corrected chi connectivity index (χ0v) is 16.8. The van der Waals surface area contributed by atoms with Crippen LogP contribution in [-0.4, -0.2) is 26.8 Å². The van der Waals surface area contributed by atoms with Crippen molar-refractivity contribution in [3.05, 3.63) is 63.7 Å². The number of aryl methyl sites for hydroxylation is 2. The van der Waals surface area contributed by atoms with Gasteiger partial charge in [-0.2, -0.15) is 0 Å². The topological polar surface area (TPSA) is 110 Å². The zero-order valence-electron chi connectivity index (χ0n) is 15.1. The fourth-order valence-corrected chi connectivity index (χ4v) is 3.91. The van der Waals surface area contributed by atoms with Crippen LogP contribution in [0.2, 0.25) is 0 Å². The molecule has 10 heteroatoms. The van der Waals surface area contributed by atoms with E-state index in [1.54, 1.807) is 13.0 Å². The molecule has 1 aromatic heterocycles. The fourth-order valence-electron chi connectivity index (χ4n) is 2.34. The van der Waals surface area contributed by atoms with Gasteiger partial charge < -0.3 is 10.6 Å². The van der Waals surface area contributed by atoms with Crippen LogP contribution in [0.5, 0.6) is 0 Å². The summed E-state index contributed by atoms with van der Waals surface area (Å²) in [7, 11) is 0. The van der Waals surface area contributed by atoms with Crippen molar-refractivity contribution in [2.75, 3.05) is 16.4 Å². The highest BCUT2D eigenvalue weighted by Crippen LogP contribution is 2.28. The van der Waals surface area contributed by atoms with Crippen LogP contribution in [0.25, 0.3) is 0 Å². The minimum Gasteiger partial charge on any atom is -0.330 e. The number of thioether (sulfide) groups is 1. The number of carbonyl (C=O) groups is 1. The molecule has 2 aromatic carbocycles. The summed E-state index contributed by atoms with van der Waals surface area (Å²) in [6, 6.07) is 12.3. The van der Waals surface area contributed by atoms with Gasteiger partial charge in [-0.25, -0.2) is 0 Å². The lowest BCUT2D eigenvalue weighted by Crippen LogP contribution is -2.15. The summed E-state index contributed by atoms with van der Waals surface area (Å²) < 4.78 is 0.654. The number of benzene rings is 2. The van der Waals surface area contributed by atoms with Gasteiger partial charge in [-0.05, 0) is 37.1 Å². The number of nitrogens with zero attached hydrogens (tertiary/aromatic N) is 3. The molecule has 0 fully saturated rings.